The summed E-state index contributed by atoms with van der Waals surface area (Å²) in [5.74, 6) is 0.363. The van der Waals surface area contributed by atoms with Crippen LogP contribution in [0.4, 0.5) is 0 Å². The molecule has 3 nitrogen and oxygen atoms in total. The largest absolute Gasteiger partial charge is 0.479 e. The summed E-state index contributed by atoms with van der Waals surface area (Å²) >= 11 is 0. The van der Waals surface area contributed by atoms with Crippen molar-refractivity contribution in [3.63, 3.8) is 0 Å². The fourth-order valence-electron chi connectivity index (χ4n) is 2.05. The summed E-state index contributed by atoms with van der Waals surface area (Å²) < 4.78 is 10.7. The van der Waals surface area contributed by atoms with Crippen LogP contribution < -0.4 is 4.74 Å². The van der Waals surface area contributed by atoms with Crippen LogP contribution in [-0.4, -0.2) is 18.7 Å². The number of hydrogen-bond donors (Lipinski definition) is 0. The van der Waals surface area contributed by atoms with E-state index in [2.05, 4.69) is 12.1 Å². The minimum absolute atomic E-state index is 0.313. The van der Waals surface area contributed by atoms with Gasteiger partial charge in [-0.15, -0.1) is 0 Å². The van der Waals surface area contributed by atoms with E-state index in [1.165, 1.54) is 0 Å². The maximum Gasteiger partial charge on any atom is 0.347 e. The fraction of sp³-hybridized carbons (Fsp3) is 0.278. The molecule has 21 heavy (non-hydrogen) atoms. The molecule has 2 aromatic carbocycles. The summed E-state index contributed by atoms with van der Waals surface area (Å²) in [5, 5.41) is 0. The third kappa shape index (κ3) is 4.09. The third-order valence-corrected chi connectivity index (χ3v) is 3.16. The average Bonchev–Trinajstić information content (AvgIpc) is 2.54. The van der Waals surface area contributed by atoms with Crippen LogP contribution in [0.5, 0.6) is 5.75 Å². The van der Waals surface area contributed by atoms with Gasteiger partial charge in [-0.3, -0.25) is 0 Å². The van der Waals surface area contributed by atoms with Crippen molar-refractivity contribution in [3.05, 3.63) is 54.6 Å². The molecule has 0 aliphatic rings. The van der Waals surface area contributed by atoms with Gasteiger partial charge in [0.2, 0.25) is 0 Å². The Morgan fingerprint density at radius 2 is 1.57 bits per heavy atom. The van der Waals surface area contributed by atoms with Gasteiger partial charge in [-0.2, -0.15) is 0 Å². The van der Waals surface area contributed by atoms with Crippen molar-refractivity contribution in [1.29, 1.82) is 0 Å². The SMILES string of the molecule is CCOC(=O)[C@H](CC)Oc1ccc(-c2ccccc2)cc1. The first kappa shape index (κ1) is 15.1. The summed E-state index contributed by atoms with van der Waals surface area (Å²) in [6.07, 6.45) is 0.0340. The molecular weight excluding hydrogens is 264 g/mol. The standard InChI is InChI=1S/C18H20O3/c1-3-17(18(19)20-4-2)21-16-12-10-15(11-13-16)14-8-6-5-7-9-14/h5-13,17H,3-4H2,1-2H3/t17-/m0/s1. The minimum Gasteiger partial charge on any atom is -0.479 e. The van der Waals surface area contributed by atoms with Crippen molar-refractivity contribution in [3.8, 4) is 16.9 Å². The average molecular weight is 284 g/mol. The molecule has 0 aromatic heterocycles. The minimum atomic E-state index is -0.549. The molecule has 0 amide bonds. The maximum atomic E-state index is 11.7. The predicted octanol–water partition coefficient (Wildman–Crippen LogP) is 4.07. The van der Waals surface area contributed by atoms with Crippen LogP contribution >= 0.6 is 0 Å². The van der Waals surface area contributed by atoms with E-state index in [0.717, 1.165) is 11.1 Å². The number of carbonyl (C=O) groups is 1. The van der Waals surface area contributed by atoms with Crippen molar-refractivity contribution in [2.45, 2.75) is 26.4 Å². The Balaban J connectivity index is 2.07. The first-order valence-corrected chi connectivity index (χ1v) is 7.23. The molecule has 1 atom stereocenters. The van der Waals surface area contributed by atoms with Crippen molar-refractivity contribution in [2.24, 2.45) is 0 Å². The Bertz CT molecular complexity index is 561. The number of benzene rings is 2. The van der Waals surface area contributed by atoms with Crippen molar-refractivity contribution in [1.82, 2.24) is 0 Å². The van der Waals surface area contributed by atoms with Gasteiger partial charge in [-0.05, 0) is 36.6 Å². The summed E-state index contributed by atoms with van der Waals surface area (Å²) in [7, 11) is 0. The Labute approximate surface area is 125 Å². The lowest BCUT2D eigenvalue weighted by Crippen LogP contribution is -2.28. The lowest BCUT2D eigenvalue weighted by molar-refractivity contribution is -0.151. The Morgan fingerprint density at radius 1 is 0.952 bits per heavy atom. The van der Waals surface area contributed by atoms with Crippen LogP contribution in [0.2, 0.25) is 0 Å². The Morgan fingerprint density at radius 3 is 2.14 bits per heavy atom. The first-order chi connectivity index (χ1) is 10.2. The molecule has 0 unspecified atom stereocenters. The van der Waals surface area contributed by atoms with Gasteiger partial charge in [0.1, 0.15) is 5.75 Å². The summed E-state index contributed by atoms with van der Waals surface area (Å²) in [5.41, 5.74) is 2.27. The van der Waals surface area contributed by atoms with Crippen molar-refractivity contribution >= 4 is 5.97 Å². The molecule has 0 aliphatic carbocycles. The van der Waals surface area contributed by atoms with Gasteiger partial charge in [0, 0.05) is 0 Å². The zero-order valence-corrected chi connectivity index (χ0v) is 12.4. The van der Waals surface area contributed by atoms with E-state index in [4.69, 9.17) is 9.47 Å². The molecule has 110 valence electrons. The lowest BCUT2D eigenvalue weighted by Gasteiger charge is -2.16. The number of esters is 1. The molecule has 2 rings (SSSR count). The van der Waals surface area contributed by atoms with Crippen LogP contribution in [0, 0.1) is 0 Å². The van der Waals surface area contributed by atoms with Gasteiger partial charge in [0.05, 0.1) is 6.61 Å². The molecule has 0 fully saturated rings. The quantitative estimate of drug-likeness (QED) is 0.750. The van der Waals surface area contributed by atoms with E-state index < -0.39 is 6.10 Å². The molecule has 0 aliphatic heterocycles. The van der Waals surface area contributed by atoms with Gasteiger partial charge < -0.3 is 9.47 Å². The number of rotatable bonds is 6. The highest BCUT2D eigenvalue weighted by atomic mass is 16.6. The van der Waals surface area contributed by atoms with Crippen LogP contribution in [0.3, 0.4) is 0 Å². The predicted molar refractivity (Wildman–Crippen MR) is 83.2 cm³/mol. The normalized spacial score (nSPS) is 11.7. The molecule has 0 saturated carbocycles. The van der Waals surface area contributed by atoms with Gasteiger partial charge in [0.15, 0.2) is 6.10 Å². The fourth-order valence-corrected chi connectivity index (χ4v) is 2.05. The third-order valence-electron chi connectivity index (χ3n) is 3.16. The van der Waals surface area contributed by atoms with Crippen molar-refractivity contribution in [2.75, 3.05) is 6.61 Å². The van der Waals surface area contributed by atoms with E-state index in [1.54, 1.807) is 6.92 Å². The van der Waals surface area contributed by atoms with Crippen LogP contribution in [0.15, 0.2) is 54.6 Å². The van der Waals surface area contributed by atoms with Crippen LogP contribution in [0.25, 0.3) is 11.1 Å². The molecule has 0 radical (unpaired) electrons. The molecule has 2 aromatic rings. The second-order valence-electron chi connectivity index (χ2n) is 4.66. The molecule has 3 heteroatoms. The monoisotopic (exact) mass is 284 g/mol. The molecule has 0 N–H and O–H groups in total. The molecule has 0 heterocycles. The molecule has 0 bridgehead atoms. The smallest absolute Gasteiger partial charge is 0.347 e. The Kier molecular flexibility index (Phi) is 5.38. The zero-order valence-electron chi connectivity index (χ0n) is 12.4. The van der Waals surface area contributed by atoms with Gasteiger partial charge in [0.25, 0.3) is 0 Å². The van der Waals surface area contributed by atoms with E-state index in [0.29, 0.717) is 18.8 Å². The first-order valence-electron chi connectivity index (χ1n) is 7.23. The topological polar surface area (TPSA) is 35.5 Å². The van der Waals surface area contributed by atoms with Crippen LogP contribution in [0.1, 0.15) is 20.3 Å². The van der Waals surface area contributed by atoms with Gasteiger partial charge in [-0.1, -0.05) is 49.4 Å². The highest BCUT2D eigenvalue weighted by Crippen LogP contribution is 2.23. The maximum absolute atomic E-state index is 11.7. The van der Waals surface area contributed by atoms with E-state index in [9.17, 15) is 4.79 Å². The Hall–Kier alpha value is -2.29. The summed E-state index contributed by atoms with van der Waals surface area (Å²) in [4.78, 5) is 11.7. The summed E-state index contributed by atoms with van der Waals surface area (Å²) in [6, 6.07) is 17.9. The highest BCUT2D eigenvalue weighted by molar-refractivity contribution is 5.75. The second kappa shape index (κ2) is 7.48. The number of hydrogen-bond acceptors (Lipinski definition) is 3. The molecule has 0 spiro atoms. The number of ether oxygens (including phenoxy) is 2. The zero-order chi connectivity index (χ0) is 15.1. The molecular formula is C18H20O3. The van der Waals surface area contributed by atoms with Gasteiger partial charge >= 0.3 is 5.97 Å². The number of carbonyl (C=O) groups excluding carboxylic acids is 1. The lowest BCUT2D eigenvalue weighted by atomic mass is 10.1. The second-order valence-corrected chi connectivity index (χ2v) is 4.66. The highest BCUT2D eigenvalue weighted by Gasteiger charge is 2.19. The van der Waals surface area contributed by atoms with E-state index >= 15 is 0 Å². The van der Waals surface area contributed by atoms with Crippen LogP contribution in [-0.2, 0) is 9.53 Å². The van der Waals surface area contributed by atoms with Crippen molar-refractivity contribution < 1.29 is 14.3 Å². The summed E-state index contributed by atoms with van der Waals surface area (Å²) in [6.45, 7) is 4.06. The van der Waals surface area contributed by atoms with Gasteiger partial charge in [-0.25, -0.2) is 4.79 Å². The molecule has 0 saturated heterocycles. The van der Waals surface area contributed by atoms with E-state index in [-0.39, 0.29) is 5.97 Å². The van der Waals surface area contributed by atoms with E-state index in [1.807, 2.05) is 49.4 Å².